The molecule has 0 radical (unpaired) electrons. The first-order valence-electron chi connectivity index (χ1n) is 25.8. The number of carbonyl (C=O) groups excluding carboxylic acids is 3. The molecule has 1 atom stereocenters. The highest BCUT2D eigenvalue weighted by Gasteiger charge is 2.19. The molecule has 0 saturated heterocycles. The summed E-state index contributed by atoms with van der Waals surface area (Å²) >= 11 is 0. The van der Waals surface area contributed by atoms with E-state index in [4.69, 9.17) is 14.2 Å². The van der Waals surface area contributed by atoms with E-state index in [0.29, 0.717) is 19.3 Å². The minimum atomic E-state index is -0.797. The van der Waals surface area contributed by atoms with Crippen LogP contribution < -0.4 is 0 Å². The van der Waals surface area contributed by atoms with Crippen molar-refractivity contribution in [2.24, 2.45) is 0 Å². The molecular weight excluding hydrogens is 757 g/mol. The molecule has 0 heterocycles. The van der Waals surface area contributed by atoms with E-state index in [-0.39, 0.29) is 37.5 Å². The number of ether oxygens (including phenoxy) is 3. The SMILES string of the molecule is CCCCC/C=C\C/C=C\C/C=C\C/C=C\CCCC(=O)OC[C@@H](COC(=O)CCCCCCCCCCCCC)OC(=O)CCCCCCC/C=C\CCCCCCCC. The van der Waals surface area contributed by atoms with Gasteiger partial charge in [-0.05, 0) is 83.5 Å². The Hall–Kier alpha value is -2.89. The van der Waals surface area contributed by atoms with Gasteiger partial charge in [0.2, 0.25) is 0 Å². The predicted molar refractivity (Wildman–Crippen MR) is 261 cm³/mol. The molecule has 0 aromatic heterocycles. The molecule has 0 amide bonds. The molecule has 0 bridgehead atoms. The van der Waals surface area contributed by atoms with E-state index in [1.165, 1.54) is 128 Å². The standard InChI is InChI=1S/C55H96O6/c1-4-7-10-13-16-19-22-24-26-27-29-30-33-36-39-42-45-48-54(57)60-51-52(50-59-53(56)47-44-41-38-35-32-21-18-15-12-9-6-3)61-55(58)49-46-43-40-37-34-31-28-25-23-20-17-14-11-8-5-2/h16,19,24-26,28-30,36,39,52H,4-15,17-18,20-23,27,31-35,37-38,40-51H2,1-3H3/b19-16-,26-24-,28-25-,30-29-,39-36-/t52-/m1/s1. The van der Waals surface area contributed by atoms with Gasteiger partial charge in [-0.15, -0.1) is 0 Å². The molecule has 0 aliphatic carbocycles. The smallest absolute Gasteiger partial charge is 0.306 e. The Kier molecular flexibility index (Phi) is 47.4. The molecular formula is C55H96O6. The quantitative estimate of drug-likeness (QED) is 0.0263. The first kappa shape index (κ1) is 58.1. The van der Waals surface area contributed by atoms with Crippen LogP contribution in [0.25, 0.3) is 0 Å². The number of esters is 3. The molecule has 0 rings (SSSR count). The van der Waals surface area contributed by atoms with Gasteiger partial charge in [0.25, 0.3) is 0 Å². The molecule has 61 heavy (non-hydrogen) atoms. The number of carbonyl (C=O) groups is 3. The van der Waals surface area contributed by atoms with Crippen LogP contribution in [0.2, 0.25) is 0 Å². The molecule has 0 fully saturated rings. The van der Waals surface area contributed by atoms with Gasteiger partial charge in [-0.1, -0.05) is 210 Å². The number of unbranched alkanes of at least 4 members (excludes halogenated alkanes) is 25. The maximum Gasteiger partial charge on any atom is 0.306 e. The average molecular weight is 853 g/mol. The summed E-state index contributed by atoms with van der Waals surface area (Å²) in [5, 5.41) is 0. The van der Waals surface area contributed by atoms with Crippen LogP contribution in [0.4, 0.5) is 0 Å². The van der Waals surface area contributed by atoms with Crippen LogP contribution in [0.15, 0.2) is 60.8 Å². The Morgan fingerprint density at radius 2 is 0.607 bits per heavy atom. The lowest BCUT2D eigenvalue weighted by atomic mass is 10.1. The van der Waals surface area contributed by atoms with E-state index < -0.39 is 6.10 Å². The summed E-state index contributed by atoms with van der Waals surface area (Å²) in [4.78, 5) is 37.9. The zero-order valence-corrected chi connectivity index (χ0v) is 40.2. The van der Waals surface area contributed by atoms with Crippen LogP contribution in [0.5, 0.6) is 0 Å². The zero-order chi connectivity index (χ0) is 44.4. The highest BCUT2D eigenvalue weighted by Crippen LogP contribution is 2.14. The molecule has 352 valence electrons. The number of allylic oxidation sites excluding steroid dienone is 10. The maximum absolute atomic E-state index is 12.8. The Labute approximate surface area is 377 Å². The van der Waals surface area contributed by atoms with E-state index in [1.807, 2.05) is 0 Å². The third-order valence-corrected chi connectivity index (χ3v) is 11.0. The summed E-state index contributed by atoms with van der Waals surface area (Å²) in [5.74, 6) is -0.957. The van der Waals surface area contributed by atoms with E-state index in [1.54, 1.807) is 0 Å². The summed E-state index contributed by atoms with van der Waals surface area (Å²) in [7, 11) is 0. The molecule has 0 spiro atoms. The van der Waals surface area contributed by atoms with Crippen LogP contribution in [0.3, 0.4) is 0 Å². The van der Waals surface area contributed by atoms with Gasteiger partial charge in [-0.25, -0.2) is 0 Å². The van der Waals surface area contributed by atoms with Crippen molar-refractivity contribution in [2.45, 2.75) is 258 Å². The fourth-order valence-corrected chi connectivity index (χ4v) is 7.08. The van der Waals surface area contributed by atoms with Crippen molar-refractivity contribution >= 4 is 17.9 Å². The average Bonchev–Trinajstić information content (AvgIpc) is 3.26. The lowest BCUT2D eigenvalue weighted by molar-refractivity contribution is -0.167. The van der Waals surface area contributed by atoms with Crippen LogP contribution in [-0.2, 0) is 28.6 Å². The van der Waals surface area contributed by atoms with Gasteiger partial charge in [0.05, 0.1) is 0 Å². The van der Waals surface area contributed by atoms with Crippen LogP contribution >= 0.6 is 0 Å². The second-order valence-corrected chi connectivity index (χ2v) is 17.1. The fraction of sp³-hybridized carbons (Fsp3) is 0.764. The first-order chi connectivity index (χ1) is 30.0. The van der Waals surface area contributed by atoms with Gasteiger partial charge < -0.3 is 14.2 Å². The highest BCUT2D eigenvalue weighted by molar-refractivity contribution is 5.71. The molecule has 0 aliphatic heterocycles. The Morgan fingerprint density at radius 1 is 0.328 bits per heavy atom. The highest BCUT2D eigenvalue weighted by atomic mass is 16.6. The number of hydrogen-bond donors (Lipinski definition) is 0. The topological polar surface area (TPSA) is 78.9 Å². The summed E-state index contributed by atoms with van der Waals surface area (Å²) in [6, 6.07) is 0. The molecule has 0 saturated carbocycles. The lowest BCUT2D eigenvalue weighted by Crippen LogP contribution is -2.30. The number of rotatable bonds is 46. The van der Waals surface area contributed by atoms with Crippen LogP contribution in [-0.4, -0.2) is 37.2 Å². The third kappa shape index (κ3) is 48.0. The number of hydrogen-bond acceptors (Lipinski definition) is 6. The molecule has 0 N–H and O–H groups in total. The Bertz CT molecular complexity index is 1120. The van der Waals surface area contributed by atoms with Crippen LogP contribution in [0, 0.1) is 0 Å². The third-order valence-electron chi connectivity index (χ3n) is 11.0. The van der Waals surface area contributed by atoms with Crippen LogP contribution in [0.1, 0.15) is 252 Å². The minimum absolute atomic E-state index is 0.0928. The van der Waals surface area contributed by atoms with Crippen molar-refractivity contribution in [3.05, 3.63) is 60.8 Å². The van der Waals surface area contributed by atoms with Gasteiger partial charge in [0.1, 0.15) is 13.2 Å². The Morgan fingerprint density at radius 3 is 1.03 bits per heavy atom. The zero-order valence-electron chi connectivity index (χ0n) is 40.2. The molecule has 6 nitrogen and oxygen atoms in total. The van der Waals surface area contributed by atoms with E-state index in [2.05, 4.69) is 81.5 Å². The van der Waals surface area contributed by atoms with Crippen molar-refractivity contribution in [3.63, 3.8) is 0 Å². The van der Waals surface area contributed by atoms with Gasteiger partial charge in [0, 0.05) is 19.3 Å². The van der Waals surface area contributed by atoms with E-state index >= 15 is 0 Å². The summed E-state index contributed by atoms with van der Waals surface area (Å²) in [5.41, 5.74) is 0. The van der Waals surface area contributed by atoms with Gasteiger partial charge in [-0.2, -0.15) is 0 Å². The molecule has 0 aromatic rings. The van der Waals surface area contributed by atoms with E-state index in [9.17, 15) is 14.4 Å². The normalized spacial score (nSPS) is 12.5. The van der Waals surface area contributed by atoms with Crippen molar-refractivity contribution in [3.8, 4) is 0 Å². The van der Waals surface area contributed by atoms with Gasteiger partial charge in [0.15, 0.2) is 6.10 Å². The summed E-state index contributed by atoms with van der Waals surface area (Å²) in [6.07, 6.45) is 60.6. The van der Waals surface area contributed by atoms with E-state index in [0.717, 1.165) is 77.0 Å². The molecule has 0 aromatic carbocycles. The maximum atomic E-state index is 12.8. The first-order valence-corrected chi connectivity index (χ1v) is 25.8. The lowest BCUT2D eigenvalue weighted by Gasteiger charge is -2.18. The van der Waals surface area contributed by atoms with Gasteiger partial charge in [-0.3, -0.25) is 14.4 Å². The molecule has 6 heteroatoms. The predicted octanol–water partition coefficient (Wildman–Crippen LogP) is 16.9. The summed E-state index contributed by atoms with van der Waals surface area (Å²) < 4.78 is 16.7. The fourth-order valence-electron chi connectivity index (χ4n) is 7.08. The summed E-state index contributed by atoms with van der Waals surface area (Å²) in [6.45, 7) is 6.55. The van der Waals surface area contributed by atoms with Crippen molar-refractivity contribution in [1.82, 2.24) is 0 Å². The minimum Gasteiger partial charge on any atom is -0.462 e. The van der Waals surface area contributed by atoms with Gasteiger partial charge >= 0.3 is 17.9 Å². The second kappa shape index (κ2) is 49.8. The van der Waals surface area contributed by atoms with Crippen molar-refractivity contribution in [2.75, 3.05) is 13.2 Å². The second-order valence-electron chi connectivity index (χ2n) is 17.1. The van der Waals surface area contributed by atoms with Crippen molar-refractivity contribution in [1.29, 1.82) is 0 Å². The monoisotopic (exact) mass is 853 g/mol. The molecule has 0 aliphatic rings. The van der Waals surface area contributed by atoms with Crippen molar-refractivity contribution < 1.29 is 28.6 Å². The molecule has 0 unspecified atom stereocenters. The largest absolute Gasteiger partial charge is 0.462 e. The Balaban J connectivity index is 4.46.